The third kappa shape index (κ3) is 4.10. The molecule has 3 aliphatic rings. The SMILES string of the molecule is CC1=C(C)CC(C(=O)Nc2sc3c(c2C(=O)NC2CC2)CCCC3)C(C(=O)O)C1. The number of thiophene rings is 1. The molecule has 1 aromatic heterocycles. The Morgan fingerprint density at radius 2 is 1.66 bits per heavy atom. The normalized spacial score (nSPS) is 24.1. The molecule has 0 bridgehead atoms. The van der Waals surface area contributed by atoms with Crippen LogP contribution in [0.15, 0.2) is 11.1 Å². The molecule has 0 aromatic carbocycles. The predicted molar refractivity (Wildman–Crippen MR) is 112 cm³/mol. The number of hydrogen-bond donors (Lipinski definition) is 3. The monoisotopic (exact) mass is 416 g/mol. The van der Waals surface area contributed by atoms with Crippen molar-refractivity contribution in [1.29, 1.82) is 0 Å². The van der Waals surface area contributed by atoms with Gasteiger partial charge in [-0.2, -0.15) is 0 Å². The van der Waals surface area contributed by atoms with E-state index in [1.165, 1.54) is 16.2 Å². The van der Waals surface area contributed by atoms with E-state index in [0.717, 1.165) is 55.2 Å². The van der Waals surface area contributed by atoms with Crippen LogP contribution in [-0.2, 0) is 22.4 Å². The first-order chi connectivity index (χ1) is 13.8. The van der Waals surface area contributed by atoms with E-state index in [9.17, 15) is 19.5 Å². The topological polar surface area (TPSA) is 95.5 Å². The van der Waals surface area contributed by atoms with Crippen LogP contribution in [0, 0.1) is 11.8 Å². The highest BCUT2D eigenvalue weighted by atomic mass is 32.1. The maximum Gasteiger partial charge on any atom is 0.307 e. The van der Waals surface area contributed by atoms with Crippen LogP contribution in [0.3, 0.4) is 0 Å². The van der Waals surface area contributed by atoms with Gasteiger partial charge in [-0.3, -0.25) is 14.4 Å². The number of carbonyl (C=O) groups is 3. The lowest BCUT2D eigenvalue weighted by Gasteiger charge is -2.29. The lowest BCUT2D eigenvalue weighted by Crippen LogP contribution is -2.37. The van der Waals surface area contributed by atoms with E-state index in [-0.39, 0.29) is 17.9 Å². The Kier molecular flexibility index (Phi) is 5.51. The van der Waals surface area contributed by atoms with E-state index < -0.39 is 17.8 Å². The summed E-state index contributed by atoms with van der Waals surface area (Å²) in [6.45, 7) is 3.90. The van der Waals surface area contributed by atoms with Gasteiger partial charge in [0.1, 0.15) is 5.00 Å². The maximum atomic E-state index is 13.1. The summed E-state index contributed by atoms with van der Waals surface area (Å²) in [5.74, 6) is -2.67. The van der Waals surface area contributed by atoms with Crippen LogP contribution in [0.4, 0.5) is 5.00 Å². The van der Waals surface area contributed by atoms with Gasteiger partial charge in [-0.25, -0.2) is 0 Å². The van der Waals surface area contributed by atoms with Crippen LogP contribution in [0.5, 0.6) is 0 Å². The van der Waals surface area contributed by atoms with Gasteiger partial charge >= 0.3 is 5.97 Å². The third-order valence-electron chi connectivity index (χ3n) is 6.47. The molecule has 1 heterocycles. The molecule has 29 heavy (non-hydrogen) atoms. The Morgan fingerprint density at radius 3 is 2.31 bits per heavy atom. The highest BCUT2D eigenvalue weighted by Crippen LogP contribution is 2.40. The summed E-state index contributed by atoms with van der Waals surface area (Å²) in [6.07, 6.45) is 6.79. The van der Waals surface area contributed by atoms with Gasteiger partial charge in [0.2, 0.25) is 5.91 Å². The molecular weight excluding hydrogens is 388 g/mol. The quantitative estimate of drug-likeness (QED) is 0.634. The van der Waals surface area contributed by atoms with Crippen LogP contribution >= 0.6 is 11.3 Å². The lowest BCUT2D eigenvalue weighted by molar-refractivity contribution is -0.146. The molecule has 0 saturated heterocycles. The molecule has 0 spiro atoms. The van der Waals surface area contributed by atoms with Gasteiger partial charge in [0, 0.05) is 10.9 Å². The second-order valence-electron chi connectivity index (χ2n) is 8.67. The maximum absolute atomic E-state index is 13.1. The van der Waals surface area contributed by atoms with Gasteiger partial charge in [-0.15, -0.1) is 11.3 Å². The summed E-state index contributed by atoms with van der Waals surface area (Å²) in [4.78, 5) is 39.0. The Balaban J connectivity index is 1.61. The van der Waals surface area contributed by atoms with E-state index in [4.69, 9.17) is 0 Å². The predicted octanol–water partition coefficient (Wildman–Crippen LogP) is 3.90. The van der Waals surface area contributed by atoms with E-state index in [1.807, 2.05) is 13.8 Å². The molecule has 3 N–H and O–H groups in total. The molecule has 2 unspecified atom stereocenters. The van der Waals surface area contributed by atoms with Crippen molar-refractivity contribution in [2.75, 3.05) is 5.32 Å². The fourth-order valence-electron chi connectivity index (χ4n) is 4.41. The zero-order chi connectivity index (χ0) is 20.7. The van der Waals surface area contributed by atoms with Crippen LogP contribution in [0.1, 0.15) is 73.2 Å². The molecule has 3 aliphatic carbocycles. The largest absolute Gasteiger partial charge is 0.481 e. The summed E-state index contributed by atoms with van der Waals surface area (Å²) < 4.78 is 0. The molecule has 6 nitrogen and oxygen atoms in total. The van der Waals surface area contributed by atoms with Gasteiger partial charge in [0.25, 0.3) is 5.91 Å². The van der Waals surface area contributed by atoms with Crippen LogP contribution in [-0.4, -0.2) is 28.9 Å². The average Bonchev–Trinajstić information content (AvgIpc) is 3.41. The Hall–Kier alpha value is -2.15. The van der Waals surface area contributed by atoms with Crippen molar-refractivity contribution in [3.63, 3.8) is 0 Å². The lowest BCUT2D eigenvalue weighted by atomic mass is 9.76. The van der Waals surface area contributed by atoms with E-state index in [0.29, 0.717) is 23.4 Å². The van der Waals surface area contributed by atoms with Gasteiger partial charge in [-0.1, -0.05) is 11.1 Å². The highest BCUT2D eigenvalue weighted by Gasteiger charge is 2.38. The number of amides is 2. The molecule has 0 radical (unpaired) electrons. The Morgan fingerprint density at radius 1 is 1.00 bits per heavy atom. The number of anilines is 1. The second kappa shape index (κ2) is 7.94. The van der Waals surface area contributed by atoms with Gasteiger partial charge in [-0.05, 0) is 70.8 Å². The molecule has 156 valence electrons. The molecule has 4 rings (SSSR count). The molecule has 2 amide bonds. The minimum atomic E-state index is -0.936. The number of rotatable bonds is 5. The summed E-state index contributed by atoms with van der Waals surface area (Å²) in [7, 11) is 0. The Labute approximate surface area is 174 Å². The van der Waals surface area contributed by atoms with Crippen molar-refractivity contribution in [1.82, 2.24) is 5.32 Å². The summed E-state index contributed by atoms with van der Waals surface area (Å²) in [5.41, 5.74) is 3.81. The minimum Gasteiger partial charge on any atom is -0.481 e. The zero-order valence-electron chi connectivity index (χ0n) is 17.0. The molecular formula is C22H28N2O4S. The van der Waals surface area contributed by atoms with Gasteiger partial charge < -0.3 is 15.7 Å². The zero-order valence-corrected chi connectivity index (χ0v) is 17.8. The molecule has 7 heteroatoms. The second-order valence-corrected chi connectivity index (χ2v) is 9.78. The van der Waals surface area contributed by atoms with Crippen molar-refractivity contribution in [2.45, 2.75) is 71.3 Å². The minimum absolute atomic E-state index is 0.104. The summed E-state index contributed by atoms with van der Waals surface area (Å²) >= 11 is 1.49. The number of carboxylic acid groups (broad SMARTS) is 1. The number of aryl methyl sites for hydroxylation is 1. The summed E-state index contributed by atoms with van der Waals surface area (Å²) in [5, 5.41) is 16.3. The Bertz CT molecular complexity index is 897. The van der Waals surface area contributed by atoms with Crippen molar-refractivity contribution < 1.29 is 19.5 Å². The molecule has 1 saturated carbocycles. The number of aliphatic carboxylic acids is 1. The smallest absolute Gasteiger partial charge is 0.307 e. The highest BCUT2D eigenvalue weighted by molar-refractivity contribution is 7.17. The molecule has 1 fully saturated rings. The summed E-state index contributed by atoms with van der Waals surface area (Å²) in [6, 6.07) is 0.246. The standard InChI is InChI=1S/C22H28N2O4S/c1-11-9-15(16(22(27)28)10-12(11)2)19(25)24-21-18(20(26)23-13-7-8-13)14-5-3-4-6-17(14)29-21/h13,15-16H,3-10H2,1-2H3,(H,23,26)(H,24,25)(H,27,28). The first-order valence-electron chi connectivity index (χ1n) is 10.5. The van der Waals surface area contributed by atoms with Crippen molar-refractivity contribution >= 4 is 34.1 Å². The number of carbonyl (C=O) groups excluding carboxylic acids is 2. The number of carboxylic acids is 1. The number of fused-ring (bicyclic) bond motifs is 1. The third-order valence-corrected chi connectivity index (χ3v) is 7.68. The van der Waals surface area contributed by atoms with E-state index >= 15 is 0 Å². The van der Waals surface area contributed by atoms with E-state index in [2.05, 4.69) is 10.6 Å². The fraction of sp³-hybridized carbons (Fsp3) is 0.591. The van der Waals surface area contributed by atoms with Crippen molar-refractivity contribution in [3.8, 4) is 0 Å². The van der Waals surface area contributed by atoms with Gasteiger partial charge in [0.05, 0.1) is 17.4 Å². The van der Waals surface area contributed by atoms with Crippen LogP contribution < -0.4 is 10.6 Å². The number of hydrogen-bond acceptors (Lipinski definition) is 4. The average molecular weight is 417 g/mol. The number of allylic oxidation sites excluding steroid dienone is 2. The molecule has 0 aliphatic heterocycles. The van der Waals surface area contributed by atoms with Crippen LogP contribution in [0.2, 0.25) is 0 Å². The first kappa shape index (κ1) is 20.1. The van der Waals surface area contributed by atoms with E-state index in [1.54, 1.807) is 0 Å². The molecule has 1 aromatic rings. The first-order valence-corrected chi connectivity index (χ1v) is 11.3. The number of nitrogens with one attached hydrogen (secondary N) is 2. The van der Waals surface area contributed by atoms with Gasteiger partial charge in [0.15, 0.2) is 0 Å². The van der Waals surface area contributed by atoms with Crippen molar-refractivity contribution in [3.05, 3.63) is 27.2 Å². The molecule has 2 atom stereocenters. The van der Waals surface area contributed by atoms with Crippen molar-refractivity contribution in [2.24, 2.45) is 11.8 Å². The fourth-order valence-corrected chi connectivity index (χ4v) is 5.70. The van der Waals surface area contributed by atoms with Crippen LogP contribution in [0.25, 0.3) is 0 Å².